The predicted molar refractivity (Wildman–Crippen MR) is 142 cm³/mol. The zero-order valence-corrected chi connectivity index (χ0v) is 22.9. The van der Waals surface area contributed by atoms with Crippen molar-refractivity contribution in [1.29, 1.82) is 0 Å². The first kappa shape index (κ1) is 29.3. The highest BCUT2D eigenvalue weighted by atomic mass is 32.2. The maximum atomic E-state index is 13.5. The monoisotopic (exact) mass is 535 g/mol. The minimum Gasteiger partial charge on any atom is -0.350 e. The molecule has 0 aromatic heterocycles. The highest BCUT2D eigenvalue weighted by molar-refractivity contribution is 7.88. The molecule has 1 saturated heterocycles. The van der Waals surface area contributed by atoms with Crippen LogP contribution < -0.4 is 10.9 Å². The molecule has 10 heteroatoms. The minimum atomic E-state index is -3.66. The molecule has 3 atom stereocenters. The fourth-order valence-corrected chi connectivity index (χ4v) is 5.08. The molecule has 9 nitrogen and oxygen atoms in total. The fourth-order valence-electron chi connectivity index (χ4n) is 4.34. The number of allylic oxidation sites excluding steroid dienone is 1. The van der Waals surface area contributed by atoms with Crippen molar-refractivity contribution < 1.29 is 27.6 Å². The van der Waals surface area contributed by atoms with Gasteiger partial charge in [-0.25, -0.2) is 18.7 Å². The zero-order valence-electron chi connectivity index (χ0n) is 22.1. The summed E-state index contributed by atoms with van der Waals surface area (Å²) in [5.74, 6) is -2.10. The number of benzene rings is 1. The molecule has 1 aromatic carbocycles. The number of amides is 2. The Hall–Kier alpha value is -2.27. The van der Waals surface area contributed by atoms with Crippen LogP contribution in [-0.4, -0.2) is 50.3 Å². The number of hydrogen-bond acceptors (Lipinski definition) is 6. The van der Waals surface area contributed by atoms with E-state index < -0.39 is 40.0 Å². The third-order valence-electron chi connectivity index (χ3n) is 6.57. The molecule has 1 heterocycles. The van der Waals surface area contributed by atoms with Crippen molar-refractivity contribution in [3.8, 4) is 0 Å². The zero-order chi connectivity index (χ0) is 26.8. The Kier molecular flexibility index (Phi) is 11.1. The molecule has 3 rings (SSSR count). The van der Waals surface area contributed by atoms with Gasteiger partial charge in [0.15, 0.2) is 6.29 Å². The lowest BCUT2D eigenvalue weighted by Crippen LogP contribution is -2.51. The maximum absolute atomic E-state index is 13.5. The third kappa shape index (κ3) is 10.2. The fraction of sp³-hybridized carbons (Fsp3) is 0.630. The second-order valence-corrected chi connectivity index (χ2v) is 12.4. The van der Waals surface area contributed by atoms with Gasteiger partial charge in [-0.3, -0.25) is 15.0 Å². The summed E-state index contributed by atoms with van der Waals surface area (Å²) >= 11 is 0. The van der Waals surface area contributed by atoms with Gasteiger partial charge < -0.3 is 4.74 Å². The van der Waals surface area contributed by atoms with Crippen LogP contribution in [0.3, 0.4) is 0 Å². The van der Waals surface area contributed by atoms with E-state index in [-0.39, 0.29) is 24.8 Å². The molecule has 1 aliphatic heterocycles. The second kappa shape index (κ2) is 14.0. The van der Waals surface area contributed by atoms with Gasteiger partial charge in [-0.15, -0.1) is 4.41 Å². The lowest BCUT2D eigenvalue weighted by molar-refractivity contribution is -0.203. The summed E-state index contributed by atoms with van der Waals surface area (Å²) in [5.41, 5.74) is 6.12. The van der Waals surface area contributed by atoms with Crippen LogP contribution in [0.4, 0.5) is 0 Å². The van der Waals surface area contributed by atoms with Crippen LogP contribution in [0.5, 0.6) is 0 Å². The maximum Gasteiger partial charge on any atom is 0.247 e. The van der Waals surface area contributed by atoms with Gasteiger partial charge in [0.05, 0.1) is 18.1 Å². The number of hydrazine groups is 1. The van der Waals surface area contributed by atoms with Crippen LogP contribution in [0.2, 0.25) is 0 Å². The van der Waals surface area contributed by atoms with Crippen LogP contribution in [-0.2, 0) is 29.2 Å². The number of carbonyl (C=O) groups is 2. The van der Waals surface area contributed by atoms with Crippen molar-refractivity contribution in [3.63, 3.8) is 0 Å². The van der Waals surface area contributed by atoms with Crippen LogP contribution in [0.25, 0.3) is 6.08 Å². The van der Waals surface area contributed by atoms with Gasteiger partial charge in [0.1, 0.15) is 0 Å². The summed E-state index contributed by atoms with van der Waals surface area (Å²) in [6.45, 7) is 4.76. The summed E-state index contributed by atoms with van der Waals surface area (Å²) < 4.78 is 31.3. The number of hydrogen-bond donors (Lipinski definition) is 2. The molecule has 1 aliphatic carbocycles. The van der Waals surface area contributed by atoms with Gasteiger partial charge in [-0.1, -0.05) is 56.3 Å². The molecule has 0 radical (unpaired) electrons. The lowest BCUT2D eigenvalue weighted by atomic mass is 9.82. The highest BCUT2D eigenvalue weighted by Crippen LogP contribution is 2.30. The number of rotatable bonds is 14. The van der Waals surface area contributed by atoms with Crippen molar-refractivity contribution in [1.82, 2.24) is 15.3 Å². The van der Waals surface area contributed by atoms with Gasteiger partial charge >= 0.3 is 0 Å². The van der Waals surface area contributed by atoms with Gasteiger partial charge in [-0.2, -0.15) is 0 Å². The number of ether oxygens (including phenoxy) is 1. The van der Waals surface area contributed by atoms with E-state index in [1.165, 1.54) is 0 Å². The number of hydroxylamine groups is 1. The summed E-state index contributed by atoms with van der Waals surface area (Å²) in [6, 6.07) is 9.69. The summed E-state index contributed by atoms with van der Waals surface area (Å²) in [6.07, 6.45) is 9.49. The predicted octanol–water partition coefficient (Wildman–Crippen LogP) is 3.65. The number of nitrogens with zero attached hydrogens (tertiary/aromatic N) is 1. The molecule has 37 heavy (non-hydrogen) atoms. The molecule has 0 spiro atoms. The van der Waals surface area contributed by atoms with Gasteiger partial charge in [0.25, 0.3) is 0 Å². The normalized spacial score (nSPS) is 20.2. The Morgan fingerprint density at radius 1 is 1.11 bits per heavy atom. The van der Waals surface area contributed by atoms with E-state index in [1.807, 2.05) is 56.3 Å². The molecule has 2 amide bonds. The number of carbonyl (C=O) groups excluding carboxylic acids is 2. The van der Waals surface area contributed by atoms with Gasteiger partial charge in [0.2, 0.25) is 21.8 Å². The smallest absolute Gasteiger partial charge is 0.247 e. The molecular weight excluding hydrogens is 494 g/mol. The molecule has 206 valence electrons. The van der Waals surface area contributed by atoms with Crippen molar-refractivity contribution >= 4 is 27.9 Å². The van der Waals surface area contributed by atoms with E-state index in [4.69, 9.17) is 9.57 Å². The SMILES string of the molecule is CC(C)C[C@@H](C(=O)NN(CC1CC1)S(C)(=O)=O)[C@H](C/C=C/c1ccccc1)C(=O)NOC1CCCCO1. The molecule has 0 bridgehead atoms. The summed E-state index contributed by atoms with van der Waals surface area (Å²) in [5, 5.41) is 0. The van der Waals surface area contributed by atoms with E-state index in [0.717, 1.165) is 41.9 Å². The topological polar surface area (TPSA) is 114 Å². The van der Waals surface area contributed by atoms with E-state index in [1.54, 1.807) is 0 Å². The van der Waals surface area contributed by atoms with Crippen LogP contribution >= 0.6 is 0 Å². The molecule has 1 unspecified atom stereocenters. The molecule has 2 N–H and O–H groups in total. The Balaban J connectivity index is 1.79. The molecule has 2 aliphatic rings. The number of nitrogens with one attached hydrogen (secondary N) is 2. The van der Waals surface area contributed by atoms with Gasteiger partial charge in [-0.05, 0) is 55.9 Å². The van der Waals surface area contributed by atoms with Crippen molar-refractivity contribution in [2.75, 3.05) is 19.4 Å². The van der Waals surface area contributed by atoms with Crippen molar-refractivity contribution in [2.45, 2.75) is 65.1 Å². The quantitative estimate of drug-likeness (QED) is 0.352. The molecule has 2 fully saturated rings. The van der Waals surface area contributed by atoms with E-state index in [2.05, 4.69) is 10.9 Å². The second-order valence-electron chi connectivity index (χ2n) is 10.5. The number of sulfonamides is 1. The largest absolute Gasteiger partial charge is 0.350 e. The first-order valence-corrected chi connectivity index (χ1v) is 15.0. The van der Waals surface area contributed by atoms with E-state index in [0.29, 0.717) is 19.4 Å². The molecule has 1 saturated carbocycles. The minimum absolute atomic E-state index is 0.0989. The first-order valence-electron chi connectivity index (χ1n) is 13.2. The van der Waals surface area contributed by atoms with Crippen molar-refractivity contribution in [2.24, 2.45) is 23.7 Å². The summed E-state index contributed by atoms with van der Waals surface area (Å²) in [4.78, 5) is 32.5. The highest BCUT2D eigenvalue weighted by Gasteiger charge is 2.37. The average molecular weight is 536 g/mol. The van der Waals surface area contributed by atoms with Crippen LogP contribution in [0.1, 0.15) is 64.4 Å². The van der Waals surface area contributed by atoms with E-state index >= 15 is 0 Å². The van der Waals surface area contributed by atoms with Crippen LogP contribution in [0.15, 0.2) is 36.4 Å². The van der Waals surface area contributed by atoms with Crippen molar-refractivity contribution in [3.05, 3.63) is 42.0 Å². The summed E-state index contributed by atoms with van der Waals surface area (Å²) in [7, 11) is -3.66. The Bertz CT molecular complexity index is 1000. The molecular formula is C27H41N3O6S. The average Bonchev–Trinajstić information content (AvgIpc) is 3.68. The van der Waals surface area contributed by atoms with Gasteiger partial charge in [0, 0.05) is 19.6 Å². The lowest BCUT2D eigenvalue weighted by Gasteiger charge is -2.30. The van der Waals surface area contributed by atoms with Crippen LogP contribution in [0, 0.1) is 23.7 Å². The Labute approximate surface area is 220 Å². The molecule has 1 aromatic rings. The van der Waals surface area contributed by atoms with E-state index in [9.17, 15) is 18.0 Å². The first-order chi connectivity index (χ1) is 17.6. The Morgan fingerprint density at radius 2 is 1.84 bits per heavy atom. The standard InChI is InChI=1S/C27H41N3O6S/c1-20(2)18-24(26(31)28-30(37(3,33)34)19-22-15-16-22)23(13-9-12-21-10-5-4-6-11-21)27(32)29-36-25-14-7-8-17-35-25/h4-6,9-12,20,22-25H,7-8,13-19H2,1-3H3,(H,28,31)(H,29,32)/b12-9+/t23-,24+,25?/m0/s1. The third-order valence-corrected chi connectivity index (χ3v) is 7.61. The Morgan fingerprint density at radius 3 is 2.43 bits per heavy atom.